The normalized spacial score (nSPS) is 11.0. The molecule has 2 rings (SSSR count). The summed E-state index contributed by atoms with van der Waals surface area (Å²) in [4.78, 5) is 23.9. The van der Waals surface area contributed by atoms with E-state index in [0.717, 1.165) is 0 Å². The zero-order valence-electron chi connectivity index (χ0n) is 13.2. The predicted molar refractivity (Wildman–Crippen MR) is 97.9 cm³/mol. The van der Waals surface area contributed by atoms with Crippen LogP contribution in [0.3, 0.4) is 0 Å². The van der Waals surface area contributed by atoms with Crippen molar-refractivity contribution in [3.8, 4) is 0 Å². The van der Waals surface area contributed by atoms with Crippen LogP contribution in [-0.4, -0.2) is 26.8 Å². The lowest BCUT2D eigenvalue weighted by atomic mass is 10.1. The van der Waals surface area contributed by atoms with Crippen LogP contribution in [-0.2, 0) is 10.0 Å². The second-order valence-corrected chi connectivity index (χ2v) is 7.49. The van der Waals surface area contributed by atoms with E-state index >= 15 is 0 Å². The van der Waals surface area contributed by atoms with Gasteiger partial charge in [0.25, 0.3) is 11.8 Å². The van der Waals surface area contributed by atoms with E-state index in [2.05, 4.69) is 26.6 Å². The number of amides is 2. The molecule has 4 N–H and O–H groups in total. The van der Waals surface area contributed by atoms with Crippen molar-refractivity contribution in [2.45, 2.75) is 11.8 Å². The largest absolute Gasteiger partial charge is 0.352 e. The number of nitrogens with two attached hydrogens (primary N) is 1. The number of primary sulfonamides is 1. The van der Waals surface area contributed by atoms with Crippen LogP contribution >= 0.6 is 15.9 Å². The molecule has 0 atom stereocenters. The quantitative estimate of drug-likeness (QED) is 0.679. The van der Waals surface area contributed by atoms with Crippen LogP contribution in [0.25, 0.3) is 0 Å². The fraction of sp³-hybridized carbons (Fsp3) is 0.125. The van der Waals surface area contributed by atoms with Gasteiger partial charge in [-0.1, -0.05) is 0 Å². The average molecular weight is 426 g/mol. The molecule has 0 spiro atoms. The highest BCUT2D eigenvalue weighted by atomic mass is 79.9. The van der Waals surface area contributed by atoms with Gasteiger partial charge in [-0.05, 0) is 65.3 Å². The molecule has 0 aliphatic carbocycles. The number of rotatable bonds is 5. The van der Waals surface area contributed by atoms with Crippen LogP contribution in [0, 0.1) is 0 Å². The van der Waals surface area contributed by atoms with Gasteiger partial charge in [0.15, 0.2) is 0 Å². The molecule has 0 aliphatic rings. The number of benzene rings is 2. The molecule has 7 nitrogen and oxygen atoms in total. The van der Waals surface area contributed by atoms with Crippen molar-refractivity contribution >= 4 is 43.5 Å². The van der Waals surface area contributed by atoms with E-state index in [9.17, 15) is 18.0 Å². The monoisotopic (exact) mass is 425 g/mol. The maximum absolute atomic E-state index is 12.4. The molecule has 0 heterocycles. The lowest BCUT2D eigenvalue weighted by Gasteiger charge is -2.09. The molecule has 0 bridgehead atoms. The van der Waals surface area contributed by atoms with Crippen molar-refractivity contribution in [2.75, 3.05) is 11.9 Å². The number of carbonyl (C=O) groups excluding carboxylic acids is 2. The zero-order chi connectivity index (χ0) is 18.6. The van der Waals surface area contributed by atoms with E-state index in [-0.39, 0.29) is 16.4 Å². The summed E-state index contributed by atoms with van der Waals surface area (Å²) >= 11 is 3.21. The molecule has 0 radical (unpaired) electrons. The standard InChI is InChI=1S/C16H16BrN3O4S/c1-2-19-15(21)10-3-5-11(6-4-10)20-16(22)13-9-12(25(18,23)24)7-8-14(13)17/h3-9H,2H2,1H3,(H,19,21)(H,20,22)(H2,18,23,24). The molecule has 25 heavy (non-hydrogen) atoms. The summed E-state index contributed by atoms with van der Waals surface area (Å²) in [6.45, 7) is 2.34. The molecule has 132 valence electrons. The Morgan fingerprint density at radius 2 is 1.72 bits per heavy atom. The van der Waals surface area contributed by atoms with E-state index < -0.39 is 15.9 Å². The zero-order valence-corrected chi connectivity index (χ0v) is 15.6. The van der Waals surface area contributed by atoms with Gasteiger partial charge in [0.2, 0.25) is 10.0 Å². The molecule has 0 saturated heterocycles. The van der Waals surface area contributed by atoms with Crippen LogP contribution in [0.2, 0.25) is 0 Å². The number of halogens is 1. The summed E-state index contributed by atoms with van der Waals surface area (Å²) in [5, 5.41) is 10.4. The first-order valence-electron chi connectivity index (χ1n) is 7.24. The molecular formula is C16H16BrN3O4S. The van der Waals surface area contributed by atoms with Gasteiger partial charge in [-0.15, -0.1) is 0 Å². The number of anilines is 1. The Morgan fingerprint density at radius 3 is 2.28 bits per heavy atom. The minimum Gasteiger partial charge on any atom is -0.352 e. The maximum atomic E-state index is 12.4. The van der Waals surface area contributed by atoms with Crippen LogP contribution < -0.4 is 15.8 Å². The van der Waals surface area contributed by atoms with Crippen molar-refractivity contribution in [2.24, 2.45) is 5.14 Å². The molecule has 0 aromatic heterocycles. The van der Waals surface area contributed by atoms with Crippen molar-refractivity contribution in [3.63, 3.8) is 0 Å². The number of hydrogen-bond acceptors (Lipinski definition) is 4. The smallest absolute Gasteiger partial charge is 0.256 e. The number of sulfonamides is 1. The molecule has 2 aromatic rings. The highest BCUT2D eigenvalue weighted by Gasteiger charge is 2.16. The highest BCUT2D eigenvalue weighted by molar-refractivity contribution is 9.10. The molecular weight excluding hydrogens is 410 g/mol. The van der Waals surface area contributed by atoms with Gasteiger partial charge < -0.3 is 10.6 Å². The van der Waals surface area contributed by atoms with Crippen molar-refractivity contribution in [1.29, 1.82) is 0 Å². The maximum Gasteiger partial charge on any atom is 0.256 e. The molecule has 0 fully saturated rings. The topological polar surface area (TPSA) is 118 Å². The van der Waals surface area contributed by atoms with Gasteiger partial charge >= 0.3 is 0 Å². The van der Waals surface area contributed by atoms with Crippen molar-refractivity contribution in [3.05, 3.63) is 58.1 Å². The fourth-order valence-corrected chi connectivity index (χ4v) is 2.99. The Kier molecular flexibility index (Phi) is 5.93. The van der Waals surface area contributed by atoms with Gasteiger partial charge in [-0.2, -0.15) is 0 Å². The van der Waals surface area contributed by atoms with Crippen LogP contribution in [0.1, 0.15) is 27.6 Å². The third-order valence-corrected chi connectivity index (χ3v) is 4.86. The van der Waals surface area contributed by atoms with Crippen molar-refractivity contribution in [1.82, 2.24) is 5.32 Å². The van der Waals surface area contributed by atoms with Gasteiger partial charge in [-0.25, -0.2) is 13.6 Å². The number of carbonyl (C=O) groups is 2. The third kappa shape index (κ3) is 4.88. The van der Waals surface area contributed by atoms with Crippen LogP contribution in [0.15, 0.2) is 51.8 Å². The third-order valence-electron chi connectivity index (χ3n) is 3.25. The second-order valence-electron chi connectivity index (χ2n) is 5.08. The molecule has 0 unspecified atom stereocenters. The first-order valence-corrected chi connectivity index (χ1v) is 9.58. The Morgan fingerprint density at radius 1 is 1.08 bits per heavy atom. The summed E-state index contributed by atoms with van der Waals surface area (Å²) in [7, 11) is -3.91. The van der Waals surface area contributed by atoms with E-state index in [1.165, 1.54) is 18.2 Å². The Balaban J connectivity index is 2.21. The molecule has 0 aliphatic heterocycles. The minimum atomic E-state index is -3.91. The van der Waals surface area contributed by atoms with Gasteiger partial charge in [0.05, 0.1) is 10.5 Å². The molecule has 2 aromatic carbocycles. The highest BCUT2D eigenvalue weighted by Crippen LogP contribution is 2.22. The first kappa shape index (κ1) is 19.1. The first-order chi connectivity index (χ1) is 11.7. The van der Waals surface area contributed by atoms with Gasteiger partial charge in [0.1, 0.15) is 0 Å². The average Bonchev–Trinajstić information content (AvgIpc) is 2.55. The van der Waals surface area contributed by atoms with Gasteiger partial charge in [-0.3, -0.25) is 9.59 Å². The predicted octanol–water partition coefficient (Wildman–Crippen LogP) is 2.10. The second kappa shape index (κ2) is 7.77. The van der Waals surface area contributed by atoms with E-state index in [4.69, 9.17) is 5.14 Å². The summed E-state index contributed by atoms with van der Waals surface area (Å²) in [6, 6.07) is 10.3. The summed E-state index contributed by atoms with van der Waals surface area (Å²) in [6.07, 6.45) is 0. The van der Waals surface area contributed by atoms with Gasteiger partial charge in [0, 0.05) is 22.3 Å². The lowest BCUT2D eigenvalue weighted by molar-refractivity contribution is 0.0955. The Labute approximate surface area is 153 Å². The summed E-state index contributed by atoms with van der Waals surface area (Å²) in [5.74, 6) is -0.716. The Hall–Kier alpha value is -2.23. The van der Waals surface area contributed by atoms with E-state index in [1.807, 2.05) is 6.92 Å². The van der Waals surface area contributed by atoms with E-state index in [0.29, 0.717) is 22.3 Å². The van der Waals surface area contributed by atoms with Crippen LogP contribution in [0.5, 0.6) is 0 Å². The number of nitrogens with one attached hydrogen (secondary N) is 2. The lowest BCUT2D eigenvalue weighted by Crippen LogP contribution is -2.22. The number of hydrogen-bond donors (Lipinski definition) is 3. The SMILES string of the molecule is CCNC(=O)c1ccc(NC(=O)c2cc(S(N)(=O)=O)ccc2Br)cc1. The molecule has 2 amide bonds. The fourth-order valence-electron chi connectivity index (χ4n) is 2.02. The minimum absolute atomic E-state index is 0.124. The summed E-state index contributed by atoms with van der Waals surface area (Å²) in [5.41, 5.74) is 1.06. The van der Waals surface area contributed by atoms with Crippen LogP contribution in [0.4, 0.5) is 5.69 Å². The summed E-state index contributed by atoms with van der Waals surface area (Å²) < 4.78 is 23.3. The molecule has 0 saturated carbocycles. The molecule has 9 heteroatoms. The van der Waals surface area contributed by atoms with Crippen molar-refractivity contribution < 1.29 is 18.0 Å². The van der Waals surface area contributed by atoms with E-state index in [1.54, 1.807) is 24.3 Å². The Bertz CT molecular complexity index is 911.